The number of fused-ring (bicyclic) bond motifs is 4. The molecule has 2 spiro atoms. The van der Waals surface area contributed by atoms with Gasteiger partial charge in [0.2, 0.25) is 0 Å². The Bertz CT molecular complexity index is 2120. The number of benzene rings is 4. The fourth-order valence-corrected chi connectivity index (χ4v) is 12.2. The summed E-state index contributed by atoms with van der Waals surface area (Å²) in [6.45, 7) is 9.85. The van der Waals surface area contributed by atoms with E-state index in [0.29, 0.717) is 18.1 Å². The molecule has 1 aliphatic carbocycles. The first kappa shape index (κ1) is 35.6. The van der Waals surface area contributed by atoms with Crippen LogP contribution in [-0.4, -0.2) is 85.9 Å². The van der Waals surface area contributed by atoms with Crippen LogP contribution in [0.5, 0.6) is 17.2 Å². The number of phenolic OH excluding ortho intramolecular Hbond substituents is 1. The van der Waals surface area contributed by atoms with E-state index in [1.54, 1.807) is 12.1 Å². The lowest BCUT2D eigenvalue weighted by molar-refractivity contribution is -0.000652. The number of hydrogen-bond donors (Lipinski definition) is 2. The summed E-state index contributed by atoms with van der Waals surface area (Å²) in [5, 5.41) is 13.7. The maximum Gasteiger partial charge on any atom is 0.254 e. The lowest BCUT2D eigenvalue weighted by atomic mass is 9.57. The van der Waals surface area contributed by atoms with Gasteiger partial charge in [0.1, 0.15) is 17.2 Å². The number of aromatic hydroxyl groups is 1. The van der Waals surface area contributed by atoms with Gasteiger partial charge >= 0.3 is 0 Å². The van der Waals surface area contributed by atoms with Crippen LogP contribution in [-0.2, 0) is 12.0 Å². The van der Waals surface area contributed by atoms with Crippen LogP contribution < -0.4 is 19.7 Å². The molecule has 3 atom stereocenters. The number of piperidine rings is 3. The van der Waals surface area contributed by atoms with Gasteiger partial charge in [-0.15, -0.1) is 0 Å². The highest BCUT2D eigenvalue weighted by Gasteiger charge is 2.49. The first-order chi connectivity index (χ1) is 27.9. The third-order valence-electron chi connectivity index (χ3n) is 15.4. The molecule has 296 valence electrons. The van der Waals surface area contributed by atoms with Crippen LogP contribution in [0, 0.1) is 11.3 Å². The molecule has 3 saturated heterocycles. The molecule has 0 radical (unpaired) electrons. The van der Waals surface area contributed by atoms with Crippen molar-refractivity contribution in [2.75, 3.05) is 63.9 Å². The number of hydrogen-bond acceptors (Lipinski definition) is 7. The number of phenols is 1. The zero-order chi connectivity index (χ0) is 38.1. The van der Waals surface area contributed by atoms with Crippen molar-refractivity contribution in [3.8, 4) is 17.2 Å². The van der Waals surface area contributed by atoms with Crippen LogP contribution in [0.1, 0.15) is 101 Å². The zero-order valence-electron chi connectivity index (χ0n) is 33.1. The second-order valence-electron chi connectivity index (χ2n) is 18.7. The number of carbonyl (C=O) groups excluding carboxylic acids is 1. The van der Waals surface area contributed by atoms with E-state index in [1.165, 1.54) is 60.2 Å². The molecule has 4 fully saturated rings. The summed E-state index contributed by atoms with van der Waals surface area (Å²) in [6, 6.07) is 30.4. The van der Waals surface area contributed by atoms with Crippen LogP contribution in [0.15, 0.2) is 84.9 Å². The minimum absolute atomic E-state index is 0.0957. The Kier molecular flexibility index (Phi) is 8.80. The fraction of sp³-hybridized carbons (Fsp3) is 0.490. The maximum atomic E-state index is 13.4. The van der Waals surface area contributed by atoms with E-state index in [4.69, 9.17) is 9.47 Å². The summed E-state index contributed by atoms with van der Waals surface area (Å²) >= 11 is 0. The number of amides is 1. The third-order valence-corrected chi connectivity index (χ3v) is 15.4. The van der Waals surface area contributed by atoms with Crippen molar-refractivity contribution < 1.29 is 19.4 Å². The van der Waals surface area contributed by atoms with E-state index in [0.717, 1.165) is 107 Å². The molecular formula is C49H56N4O4. The van der Waals surface area contributed by atoms with Gasteiger partial charge in [0, 0.05) is 84.5 Å². The van der Waals surface area contributed by atoms with Gasteiger partial charge in [0.25, 0.3) is 5.91 Å². The molecule has 4 aromatic rings. The summed E-state index contributed by atoms with van der Waals surface area (Å²) in [4.78, 5) is 20.9. The monoisotopic (exact) mass is 764 g/mol. The Morgan fingerprint density at radius 3 is 2.40 bits per heavy atom. The van der Waals surface area contributed by atoms with E-state index < -0.39 is 0 Å². The minimum atomic E-state index is 0.0957. The molecule has 6 aliphatic heterocycles. The van der Waals surface area contributed by atoms with E-state index in [-0.39, 0.29) is 28.9 Å². The zero-order valence-corrected chi connectivity index (χ0v) is 33.1. The van der Waals surface area contributed by atoms with Gasteiger partial charge in [-0.2, -0.15) is 0 Å². The van der Waals surface area contributed by atoms with Gasteiger partial charge in [0.05, 0.1) is 13.2 Å². The predicted molar refractivity (Wildman–Crippen MR) is 223 cm³/mol. The quantitative estimate of drug-likeness (QED) is 0.207. The van der Waals surface area contributed by atoms with Crippen molar-refractivity contribution in [1.29, 1.82) is 0 Å². The molecule has 1 saturated carbocycles. The van der Waals surface area contributed by atoms with Crippen LogP contribution in [0.3, 0.4) is 0 Å². The molecule has 0 bridgehead atoms. The van der Waals surface area contributed by atoms with Gasteiger partial charge in [-0.25, -0.2) is 0 Å². The molecule has 7 aliphatic rings. The molecular weight excluding hydrogens is 709 g/mol. The molecule has 8 heteroatoms. The number of ether oxygens (including phenoxy) is 2. The number of rotatable bonds is 6. The summed E-state index contributed by atoms with van der Waals surface area (Å²) < 4.78 is 12.6. The normalized spacial score (nSPS) is 26.4. The highest BCUT2D eigenvalue weighted by molar-refractivity contribution is 5.99. The molecule has 8 nitrogen and oxygen atoms in total. The number of likely N-dealkylation sites (tertiary alicyclic amines) is 1. The Labute approximate surface area is 337 Å². The largest absolute Gasteiger partial charge is 0.508 e. The summed E-state index contributed by atoms with van der Waals surface area (Å²) in [5.41, 5.74) is 9.11. The molecule has 57 heavy (non-hydrogen) atoms. The van der Waals surface area contributed by atoms with Crippen molar-refractivity contribution in [3.05, 3.63) is 118 Å². The molecule has 1 amide bonds. The minimum Gasteiger partial charge on any atom is -0.508 e. The number of carbonyl (C=O) groups is 1. The third kappa shape index (κ3) is 6.29. The second-order valence-corrected chi connectivity index (χ2v) is 18.7. The van der Waals surface area contributed by atoms with Crippen molar-refractivity contribution in [2.24, 2.45) is 11.3 Å². The van der Waals surface area contributed by atoms with E-state index in [2.05, 4.69) is 86.7 Å². The van der Waals surface area contributed by atoms with Gasteiger partial charge in [-0.3, -0.25) is 4.79 Å². The predicted octanol–water partition coefficient (Wildman–Crippen LogP) is 7.83. The van der Waals surface area contributed by atoms with Crippen molar-refractivity contribution in [1.82, 2.24) is 15.1 Å². The van der Waals surface area contributed by atoms with Gasteiger partial charge < -0.3 is 34.6 Å². The van der Waals surface area contributed by atoms with Gasteiger partial charge in [-0.05, 0) is 129 Å². The van der Waals surface area contributed by atoms with Crippen molar-refractivity contribution in [3.63, 3.8) is 0 Å². The van der Waals surface area contributed by atoms with Crippen LogP contribution in [0.2, 0.25) is 0 Å². The fourth-order valence-electron chi connectivity index (χ4n) is 12.2. The number of nitrogens with one attached hydrogen (secondary N) is 1. The molecule has 2 N–H and O–H groups in total. The van der Waals surface area contributed by atoms with Gasteiger partial charge in [-0.1, -0.05) is 48.5 Å². The Morgan fingerprint density at radius 1 is 0.825 bits per heavy atom. The van der Waals surface area contributed by atoms with E-state index in [1.807, 2.05) is 6.07 Å². The SMILES string of the molecule is O=C1c2cc3c(cc2CN1C1CCCNC1)C1(CCN(CC2CC4(CCN(c5ccc([C@@H]6c7ccc(O)cc7OC[C@@H]6c6ccccc6)cc5)CC4)C2)CC1)CO3. The van der Waals surface area contributed by atoms with Crippen molar-refractivity contribution in [2.45, 2.75) is 81.2 Å². The highest BCUT2D eigenvalue weighted by atomic mass is 16.5. The lowest BCUT2D eigenvalue weighted by Gasteiger charge is -2.54. The van der Waals surface area contributed by atoms with Crippen LogP contribution >= 0.6 is 0 Å². The van der Waals surface area contributed by atoms with Crippen LogP contribution in [0.25, 0.3) is 0 Å². The number of nitrogens with zero attached hydrogens (tertiary/aromatic N) is 3. The summed E-state index contributed by atoms with van der Waals surface area (Å²) in [7, 11) is 0. The average Bonchev–Trinajstić information content (AvgIpc) is 3.76. The summed E-state index contributed by atoms with van der Waals surface area (Å²) in [6.07, 6.45) is 9.85. The average molecular weight is 765 g/mol. The number of anilines is 1. The lowest BCUT2D eigenvalue weighted by Crippen LogP contribution is -2.51. The van der Waals surface area contributed by atoms with E-state index >= 15 is 0 Å². The smallest absolute Gasteiger partial charge is 0.254 e. The molecule has 1 unspecified atom stereocenters. The van der Waals surface area contributed by atoms with E-state index in [9.17, 15) is 9.90 Å². The van der Waals surface area contributed by atoms with Crippen molar-refractivity contribution >= 4 is 11.6 Å². The van der Waals surface area contributed by atoms with Gasteiger partial charge in [0.15, 0.2) is 0 Å². The molecule has 11 rings (SSSR count). The molecule has 6 heterocycles. The Balaban J connectivity index is 0.686. The summed E-state index contributed by atoms with van der Waals surface area (Å²) in [5.74, 6) is 3.38. The Morgan fingerprint density at radius 2 is 1.63 bits per heavy atom. The van der Waals surface area contributed by atoms with Crippen LogP contribution in [0.4, 0.5) is 5.69 Å². The second kappa shape index (κ2) is 14.1. The Hall–Kier alpha value is -4.53. The topological polar surface area (TPSA) is 77.5 Å². The maximum absolute atomic E-state index is 13.4. The standard InChI is InChI=1S/C49H56N4O4/c54-39-12-13-40-44(24-39)56-31-42(34-5-2-1-3-6-34)46(40)35-8-10-37(11-9-35)52-21-14-48(15-22-52)26-33(27-48)29-51-19-16-49(17-20-51)32-57-45-25-41-36(23-43(45)49)30-53(47(41)55)38-7-4-18-50-28-38/h1-3,5-6,8-13,23-25,33,38,42,46,50,54H,4,7,14-22,26-32H2/t38?,42-,46-/m1/s1. The first-order valence-corrected chi connectivity index (χ1v) is 21.8. The first-order valence-electron chi connectivity index (χ1n) is 21.8. The highest BCUT2D eigenvalue weighted by Crippen LogP contribution is 2.54. The molecule has 4 aromatic carbocycles. The molecule has 0 aromatic heterocycles.